The van der Waals surface area contributed by atoms with Gasteiger partial charge in [-0.1, -0.05) is 6.07 Å². The second-order valence-electron chi connectivity index (χ2n) is 3.68. The van der Waals surface area contributed by atoms with Gasteiger partial charge < -0.3 is 19.6 Å². The molecule has 0 unspecified atom stereocenters. The molecule has 18 heavy (non-hydrogen) atoms. The van der Waals surface area contributed by atoms with Gasteiger partial charge in [0.1, 0.15) is 5.69 Å². The molecular formula is C13H13NO4. The zero-order valence-electron chi connectivity index (χ0n) is 10.1. The van der Waals surface area contributed by atoms with E-state index in [1.165, 1.54) is 0 Å². The standard InChI is InChI=1S/C13H13NO4/c1-17-11-4-3-8(6-12(11)18-2)9-5-10(13(15)16)14-7-9/h3-7,14H,1-2H3,(H,15,16). The van der Waals surface area contributed by atoms with Crippen LogP contribution in [0.2, 0.25) is 0 Å². The van der Waals surface area contributed by atoms with Gasteiger partial charge in [0.25, 0.3) is 0 Å². The van der Waals surface area contributed by atoms with Crippen LogP contribution in [-0.2, 0) is 0 Å². The summed E-state index contributed by atoms with van der Waals surface area (Å²) < 4.78 is 10.3. The number of carboxylic acids is 1. The molecule has 0 amide bonds. The molecule has 0 aliphatic rings. The Balaban J connectivity index is 2.41. The maximum absolute atomic E-state index is 10.8. The Labute approximate surface area is 104 Å². The third-order valence-electron chi connectivity index (χ3n) is 2.63. The summed E-state index contributed by atoms with van der Waals surface area (Å²) in [6.07, 6.45) is 1.64. The van der Waals surface area contributed by atoms with Gasteiger partial charge in [0.05, 0.1) is 14.2 Å². The maximum atomic E-state index is 10.8. The van der Waals surface area contributed by atoms with Crippen molar-refractivity contribution < 1.29 is 19.4 Å². The molecule has 5 heteroatoms. The number of aromatic carboxylic acids is 1. The van der Waals surface area contributed by atoms with Gasteiger partial charge in [0.2, 0.25) is 0 Å². The lowest BCUT2D eigenvalue weighted by atomic mass is 10.1. The Hall–Kier alpha value is -2.43. The van der Waals surface area contributed by atoms with E-state index in [0.717, 1.165) is 11.1 Å². The number of aromatic nitrogens is 1. The fraction of sp³-hybridized carbons (Fsp3) is 0.154. The van der Waals surface area contributed by atoms with E-state index in [-0.39, 0.29) is 5.69 Å². The highest BCUT2D eigenvalue weighted by atomic mass is 16.5. The Bertz CT molecular complexity index is 574. The van der Waals surface area contributed by atoms with Crippen LogP contribution in [0.3, 0.4) is 0 Å². The Morgan fingerprint density at radius 3 is 2.39 bits per heavy atom. The van der Waals surface area contributed by atoms with Crippen LogP contribution in [0, 0.1) is 0 Å². The zero-order chi connectivity index (χ0) is 13.1. The molecule has 2 aromatic rings. The van der Waals surface area contributed by atoms with E-state index >= 15 is 0 Å². The number of hydrogen-bond donors (Lipinski definition) is 2. The molecule has 0 atom stereocenters. The SMILES string of the molecule is COc1ccc(-c2c[nH]c(C(=O)O)c2)cc1OC. The third-order valence-corrected chi connectivity index (χ3v) is 2.63. The average Bonchev–Trinajstić information content (AvgIpc) is 2.87. The molecule has 1 aromatic heterocycles. The smallest absolute Gasteiger partial charge is 0.352 e. The molecule has 0 aliphatic carbocycles. The summed E-state index contributed by atoms with van der Waals surface area (Å²) in [5.41, 5.74) is 1.80. The lowest BCUT2D eigenvalue weighted by molar-refractivity contribution is 0.0691. The van der Waals surface area contributed by atoms with Gasteiger partial charge in [-0.2, -0.15) is 0 Å². The van der Waals surface area contributed by atoms with Gasteiger partial charge in [0, 0.05) is 11.8 Å². The van der Waals surface area contributed by atoms with Crippen molar-refractivity contribution in [2.75, 3.05) is 14.2 Å². The molecular weight excluding hydrogens is 234 g/mol. The molecule has 1 aromatic carbocycles. The molecule has 94 valence electrons. The first-order chi connectivity index (χ1) is 8.65. The minimum Gasteiger partial charge on any atom is -0.493 e. The highest BCUT2D eigenvalue weighted by molar-refractivity contribution is 5.87. The van der Waals surface area contributed by atoms with Crippen molar-refractivity contribution in [3.63, 3.8) is 0 Å². The van der Waals surface area contributed by atoms with E-state index in [1.807, 2.05) is 6.07 Å². The minimum absolute atomic E-state index is 0.153. The van der Waals surface area contributed by atoms with Crippen LogP contribution in [0.1, 0.15) is 10.5 Å². The van der Waals surface area contributed by atoms with Gasteiger partial charge in [0.15, 0.2) is 11.5 Å². The van der Waals surface area contributed by atoms with E-state index in [0.29, 0.717) is 11.5 Å². The highest BCUT2D eigenvalue weighted by Gasteiger charge is 2.10. The van der Waals surface area contributed by atoms with Gasteiger partial charge in [-0.15, -0.1) is 0 Å². The number of rotatable bonds is 4. The van der Waals surface area contributed by atoms with Crippen molar-refractivity contribution in [2.24, 2.45) is 0 Å². The number of carboxylic acid groups (broad SMARTS) is 1. The number of carbonyl (C=O) groups is 1. The van der Waals surface area contributed by atoms with E-state index in [9.17, 15) is 4.79 Å². The van der Waals surface area contributed by atoms with Crippen LogP contribution >= 0.6 is 0 Å². The van der Waals surface area contributed by atoms with Crippen molar-refractivity contribution in [3.8, 4) is 22.6 Å². The predicted octanol–water partition coefficient (Wildman–Crippen LogP) is 2.40. The highest BCUT2D eigenvalue weighted by Crippen LogP contribution is 2.32. The summed E-state index contributed by atoms with van der Waals surface area (Å²) in [5.74, 6) is 0.255. The lowest BCUT2D eigenvalue weighted by Gasteiger charge is -2.08. The van der Waals surface area contributed by atoms with Crippen molar-refractivity contribution in [1.29, 1.82) is 0 Å². The minimum atomic E-state index is -0.985. The van der Waals surface area contributed by atoms with Crippen LogP contribution in [0.25, 0.3) is 11.1 Å². The molecule has 2 N–H and O–H groups in total. The summed E-state index contributed by atoms with van der Waals surface area (Å²) in [6, 6.07) is 7.00. The number of aromatic amines is 1. The first kappa shape index (κ1) is 12.0. The van der Waals surface area contributed by atoms with Crippen molar-refractivity contribution >= 4 is 5.97 Å². The monoisotopic (exact) mass is 247 g/mol. The summed E-state index contributed by atoms with van der Waals surface area (Å²) in [7, 11) is 3.12. The predicted molar refractivity (Wildman–Crippen MR) is 66.3 cm³/mol. The van der Waals surface area contributed by atoms with Gasteiger partial charge in [-0.3, -0.25) is 0 Å². The van der Waals surface area contributed by atoms with E-state index in [2.05, 4.69) is 4.98 Å². The Morgan fingerprint density at radius 1 is 1.11 bits per heavy atom. The van der Waals surface area contributed by atoms with E-state index in [4.69, 9.17) is 14.6 Å². The number of H-pyrrole nitrogens is 1. The summed E-state index contributed by atoms with van der Waals surface area (Å²) >= 11 is 0. The molecule has 1 heterocycles. The normalized spacial score (nSPS) is 10.1. The van der Waals surface area contributed by atoms with Crippen LogP contribution in [-0.4, -0.2) is 30.3 Å². The number of ether oxygens (including phenoxy) is 2. The fourth-order valence-corrected chi connectivity index (χ4v) is 1.70. The number of hydrogen-bond acceptors (Lipinski definition) is 3. The Morgan fingerprint density at radius 2 is 1.83 bits per heavy atom. The average molecular weight is 247 g/mol. The Kier molecular flexibility index (Phi) is 3.23. The third kappa shape index (κ3) is 2.15. The summed E-state index contributed by atoms with van der Waals surface area (Å²) in [4.78, 5) is 13.5. The van der Waals surface area contributed by atoms with E-state index < -0.39 is 5.97 Å². The molecule has 0 radical (unpaired) electrons. The molecule has 0 fully saturated rings. The largest absolute Gasteiger partial charge is 0.493 e. The first-order valence-electron chi connectivity index (χ1n) is 5.30. The molecule has 5 nitrogen and oxygen atoms in total. The van der Waals surface area contributed by atoms with E-state index in [1.54, 1.807) is 38.6 Å². The first-order valence-corrected chi connectivity index (χ1v) is 5.30. The quantitative estimate of drug-likeness (QED) is 0.870. The lowest BCUT2D eigenvalue weighted by Crippen LogP contribution is -1.94. The topological polar surface area (TPSA) is 71.6 Å². The van der Waals surface area contributed by atoms with Gasteiger partial charge in [-0.05, 0) is 23.8 Å². The second kappa shape index (κ2) is 4.83. The zero-order valence-corrected chi connectivity index (χ0v) is 10.1. The summed E-state index contributed by atoms with van der Waals surface area (Å²) in [5, 5.41) is 8.85. The molecule has 0 aliphatic heterocycles. The van der Waals surface area contributed by atoms with Crippen molar-refractivity contribution in [2.45, 2.75) is 0 Å². The second-order valence-corrected chi connectivity index (χ2v) is 3.68. The number of methoxy groups -OCH3 is 2. The molecule has 0 bridgehead atoms. The summed E-state index contributed by atoms with van der Waals surface area (Å²) in [6.45, 7) is 0. The number of nitrogens with one attached hydrogen (secondary N) is 1. The van der Waals surface area contributed by atoms with Crippen LogP contribution < -0.4 is 9.47 Å². The van der Waals surface area contributed by atoms with Crippen LogP contribution in [0.15, 0.2) is 30.5 Å². The molecule has 0 saturated heterocycles. The molecule has 0 spiro atoms. The molecule has 0 saturated carbocycles. The van der Waals surface area contributed by atoms with Crippen LogP contribution in [0.5, 0.6) is 11.5 Å². The van der Waals surface area contributed by atoms with Gasteiger partial charge >= 0.3 is 5.97 Å². The van der Waals surface area contributed by atoms with Gasteiger partial charge in [-0.25, -0.2) is 4.79 Å². The van der Waals surface area contributed by atoms with Crippen LogP contribution in [0.4, 0.5) is 0 Å². The van der Waals surface area contributed by atoms with Crippen molar-refractivity contribution in [3.05, 3.63) is 36.2 Å². The van der Waals surface area contributed by atoms with Crippen molar-refractivity contribution in [1.82, 2.24) is 4.98 Å². The maximum Gasteiger partial charge on any atom is 0.352 e. The fourth-order valence-electron chi connectivity index (χ4n) is 1.70. The molecule has 2 rings (SSSR count). The number of benzene rings is 1.